The monoisotopic (exact) mass is 336 g/mol. The van der Waals surface area contributed by atoms with Crippen LogP contribution in [0.3, 0.4) is 0 Å². The molecule has 124 valence electrons. The summed E-state index contributed by atoms with van der Waals surface area (Å²) >= 11 is 0. The molecule has 0 spiro atoms. The second-order valence-electron chi connectivity index (χ2n) is 5.80. The Labute approximate surface area is 143 Å². The van der Waals surface area contributed by atoms with Crippen LogP contribution >= 0.6 is 0 Å². The number of halogens is 2. The van der Waals surface area contributed by atoms with Crippen LogP contribution in [0, 0.1) is 11.6 Å². The molecule has 4 rings (SSSR count). The first-order valence-corrected chi connectivity index (χ1v) is 7.83. The van der Waals surface area contributed by atoms with Crippen LogP contribution in [0.25, 0.3) is 0 Å². The van der Waals surface area contributed by atoms with Crippen molar-refractivity contribution < 1.29 is 13.6 Å². The first-order chi connectivity index (χ1) is 12.1. The third kappa shape index (κ3) is 2.74. The Morgan fingerprint density at radius 2 is 1.60 bits per heavy atom. The Kier molecular flexibility index (Phi) is 3.69. The van der Waals surface area contributed by atoms with Crippen LogP contribution in [-0.4, -0.2) is 5.91 Å². The van der Waals surface area contributed by atoms with E-state index < -0.39 is 6.17 Å². The molecule has 1 atom stereocenters. The van der Waals surface area contributed by atoms with Gasteiger partial charge in [0, 0.05) is 11.4 Å². The van der Waals surface area contributed by atoms with Crippen molar-refractivity contribution in [1.82, 2.24) is 0 Å². The fourth-order valence-corrected chi connectivity index (χ4v) is 3.03. The van der Waals surface area contributed by atoms with Crippen LogP contribution in [0.1, 0.15) is 22.1 Å². The van der Waals surface area contributed by atoms with Crippen molar-refractivity contribution >= 4 is 17.3 Å². The molecule has 3 nitrogen and oxygen atoms in total. The van der Waals surface area contributed by atoms with Crippen LogP contribution in [0.5, 0.6) is 0 Å². The summed E-state index contributed by atoms with van der Waals surface area (Å²) in [4.78, 5) is 14.6. The van der Waals surface area contributed by atoms with E-state index in [-0.39, 0.29) is 17.5 Å². The SMILES string of the molecule is O=C1c2ccccc2N[C@@H](c2cccc(F)c2)N1c1ccc(F)cc1. The van der Waals surface area contributed by atoms with Crippen LogP contribution in [-0.2, 0) is 0 Å². The molecule has 0 aromatic heterocycles. The molecule has 3 aromatic rings. The molecule has 0 saturated heterocycles. The molecule has 0 fully saturated rings. The van der Waals surface area contributed by atoms with E-state index in [2.05, 4.69) is 5.32 Å². The lowest BCUT2D eigenvalue weighted by atomic mass is 10.0. The highest BCUT2D eigenvalue weighted by Crippen LogP contribution is 2.36. The molecule has 1 amide bonds. The number of nitrogens with zero attached hydrogens (tertiary/aromatic N) is 1. The smallest absolute Gasteiger partial charge is 0.262 e. The van der Waals surface area contributed by atoms with Gasteiger partial charge in [-0.25, -0.2) is 8.78 Å². The zero-order chi connectivity index (χ0) is 17.4. The van der Waals surface area contributed by atoms with Crippen molar-refractivity contribution in [2.45, 2.75) is 6.17 Å². The molecule has 25 heavy (non-hydrogen) atoms. The lowest BCUT2D eigenvalue weighted by molar-refractivity contribution is 0.0975. The van der Waals surface area contributed by atoms with E-state index in [9.17, 15) is 13.6 Å². The Balaban J connectivity index is 1.87. The standard InChI is InChI=1S/C20H14F2N2O/c21-14-8-10-16(11-9-14)24-19(13-4-3-5-15(22)12-13)23-18-7-2-1-6-17(18)20(24)25/h1-12,19,23H/t19-/m1/s1. The predicted octanol–water partition coefficient (Wildman–Crippen LogP) is 4.74. The fraction of sp³-hybridized carbons (Fsp3) is 0.0500. The minimum Gasteiger partial charge on any atom is -0.360 e. The van der Waals surface area contributed by atoms with Gasteiger partial charge < -0.3 is 5.32 Å². The number of anilines is 2. The summed E-state index contributed by atoms with van der Waals surface area (Å²) in [5, 5.41) is 3.28. The summed E-state index contributed by atoms with van der Waals surface area (Å²) in [6.45, 7) is 0. The Morgan fingerprint density at radius 1 is 0.840 bits per heavy atom. The number of hydrogen-bond donors (Lipinski definition) is 1. The molecule has 0 bridgehead atoms. The third-order valence-electron chi connectivity index (χ3n) is 4.20. The number of rotatable bonds is 2. The van der Waals surface area contributed by atoms with Gasteiger partial charge in [0.1, 0.15) is 17.8 Å². The number of amides is 1. The zero-order valence-electron chi connectivity index (χ0n) is 13.1. The molecular weight excluding hydrogens is 322 g/mol. The van der Waals surface area contributed by atoms with Gasteiger partial charge in [0.15, 0.2) is 0 Å². The van der Waals surface area contributed by atoms with E-state index in [1.807, 2.05) is 12.1 Å². The average molecular weight is 336 g/mol. The van der Waals surface area contributed by atoms with E-state index in [1.165, 1.54) is 41.3 Å². The summed E-state index contributed by atoms with van der Waals surface area (Å²) in [7, 11) is 0. The van der Waals surface area contributed by atoms with Gasteiger partial charge in [0.05, 0.1) is 5.56 Å². The Bertz CT molecular complexity index is 940. The average Bonchev–Trinajstić information content (AvgIpc) is 2.63. The van der Waals surface area contributed by atoms with Gasteiger partial charge in [0.25, 0.3) is 5.91 Å². The lowest BCUT2D eigenvalue weighted by Crippen LogP contribution is -2.43. The van der Waals surface area contributed by atoms with Crippen molar-refractivity contribution in [2.75, 3.05) is 10.2 Å². The maximum Gasteiger partial charge on any atom is 0.262 e. The maximum atomic E-state index is 13.7. The van der Waals surface area contributed by atoms with Crippen molar-refractivity contribution in [3.63, 3.8) is 0 Å². The van der Waals surface area contributed by atoms with E-state index >= 15 is 0 Å². The zero-order valence-corrected chi connectivity index (χ0v) is 13.1. The molecule has 3 aromatic carbocycles. The van der Waals surface area contributed by atoms with Crippen molar-refractivity contribution in [3.05, 3.63) is 95.6 Å². The van der Waals surface area contributed by atoms with Crippen molar-refractivity contribution in [2.24, 2.45) is 0 Å². The third-order valence-corrected chi connectivity index (χ3v) is 4.20. The number of benzene rings is 3. The van der Waals surface area contributed by atoms with Crippen molar-refractivity contribution in [3.8, 4) is 0 Å². The summed E-state index contributed by atoms with van der Waals surface area (Å²) in [5.41, 5.74) is 2.33. The Morgan fingerprint density at radius 3 is 2.36 bits per heavy atom. The van der Waals surface area contributed by atoms with E-state index in [4.69, 9.17) is 0 Å². The summed E-state index contributed by atoms with van der Waals surface area (Å²) in [6, 6.07) is 18.9. The second-order valence-corrected chi connectivity index (χ2v) is 5.80. The second kappa shape index (κ2) is 6.02. The first-order valence-electron chi connectivity index (χ1n) is 7.83. The fourth-order valence-electron chi connectivity index (χ4n) is 3.03. The Hall–Kier alpha value is -3.21. The topological polar surface area (TPSA) is 32.3 Å². The number of nitrogens with one attached hydrogen (secondary N) is 1. The van der Waals surface area contributed by atoms with Crippen LogP contribution in [0.15, 0.2) is 72.8 Å². The molecule has 1 aliphatic rings. The number of carbonyl (C=O) groups excluding carboxylic acids is 1. The number of para-hydroxylation sites is 1. The van der Waals surface area contributed by atoms with Gasteiger partial charge >= 0.3 is 0 Å². The number of carbonyl (C=O) groups is 1. The first kappa shape index (κ1) is 15.3. The largest absolute Gasteiger partial charge is 0.360 e. The lowest BCUT2D eigenvalue weighted by Gasteiger charge is -2.38. The van der Waals surface area contributed by atoms with Crippen LogP contribution in [0.4, 0.5) is 20.2 Å². The highest BCUT2D eigenvalue weighted by atomic mass is 19.1. The molecule has 0 unspecified atom stereocenters. The number of hydrogen-bond acceptors (Lipinski definition) is 2. The highest BCUT2D eigenvalue weighted by Gasteiger charge is 2.34. The quantitative estimate of drug-likeness (QED) is 0.733. The molecule has 0 saturated carbocycles. The molecule has 1 aliphatic heterocycles. The van der Waals surface area contributed by atoms with Gasteiger partial charge in [0.2, 0.25) is 0 Å². The van der Waals surface area contributed by atoms with Crippen LogP contribution in [0.2, 0.25) is 0 Å². The molecule has 1 N–H and O–H groups in total. The van der Waals surface area contributed by atoms with E-state index in [0.29, 0.717) is 22.5 Å². The van der Waals surface area contributed by atoms with Crippen molar-refractivity contribution in [1.29, 1.82) is 0 Å². The van der Waals surface area contributed by atoms with Gasteiger partial charge in [-0.05, 0) is 54.1 Å². The molecule has 1 heterocycles. The summed E-state index contributed by atoms with van der Waals surface area (Å²) in [5.74, 6) is -0.997. The highest BCUT2D eigenvalue weighted by molar-refractivity contribution is 6.12. The van der Waals surface area contributed by atoms with Gasteiger partial charge in [-0.2, -0.15) is 0 Å². The van der Waals surface area contributed by atoms with E-state index in [1.54, 1.807) is 24.3 Å². The normalized spacial score (nSPS) is 16.3. The molecular formula is C20H14F2N2O. The molecule has 0 radical (unpaired) electrons. The summed E-state index contributed by atoms with van der Waals surface area (Å²) in [6.07, 6.45) is -0.594. The maximum absolute atomic E-state index is 13.7. The van der Waals surface area contributed by atoms with E-state index in [0.717, 1.165) is 0 Å². The minimum absolute atomic E-state index is 0.227. The van der Waals surface area contributed by atoms with Crippen LogP contribution < -0.4 is 10.2 Å². The van der Waals surface area contributed by atoms with Gasteiger partial charge in [-0.15, -0.1) is 0 Å². The predicted molar refractivity (Wildman–Crippen MR) is 92.4 cm³/mol. The number of fused-ring (bicyclic) bond motifs is 1. The van der Waals surface area contributed by atoms with Gasteiger partial charge in [-0.1, -0.05) is 24.3 Å². The molecule has 0 aliphatic carbocycles. The van der Waals surface area contributed by atoms with Gasteiger partial charge in [-0.3, -0.25) is 9.69 Å². The minimum atomic E-state index is -0.594. The summed E-state index contributed by atoms with van der Waals surface area (Å²) < 4.78 is 27.0. The molecule has 5 heteroatoms.